The molecule has 0 spiro atoms. The number of anilines is 2. The van der Waals surface area contributed by atoms with Gasteiger partial charge in [0.25, 0.3) is 0 Å². The Labute approximate surface area is 152 Å². The maximum Gasteiger partial charge on any atom is 0.226 e. The van der Waals surface area contributed by atoms with Crippen LogP contribution < -0.4 is 10.6 Å². The van der Waals surface area contributed by atoms with Crippen molar-refractivity contribution in [3.63, 3.8) is 0 Å². The molecule has 3 aromatic rings. The number of hydrogen-bond donors (Lipinski definition) is 2. The molecular formula is C16H15ClN4OS2. The van der Waals surface area contributed by atoms with Crippen molar-refractivity contribution in [3.05, 3.63) is 56.8 Å². The summed E-state index contributed by atoms with van der Waals surface area (Å²) in [5, 5.41) is 11.2. The van der Waals surface area contributed by atoms with Gasteiger partial charge in [-0.05, 0) is 30.0 Å². The van der Waals surface area contributed by atoms with Gasteiger partial charge in [-0.15, -0.1) is 22.7 Å². The molecular weight excluding hydrogens is 364 g/mol. The standard InChI is InChI=1S/C16H15ClN4OS2/c17-11-3-4-14(19-9-11)21-16-20-12(10-24-16)8-15(22)18-6-5-13-2-1-7-23-13/h1-4,7,9-10H,5-6,8H2,(H,18,22)(H,19,20,21). The average Bonchev–Trinajstić information content (AvgIpc) is 3.22. The normalized spacial score (nSPS) is 10.5. The van der Waals surface area contributed by atoms with E-state index < -0.39 is 0 Å². The fourth-order valence-corrected chi connectivity index (χ4v) is 3.55. The second-order valence-electron chi connectivity index (χ2n) is 4.99. The molecule has 3 aromatic heterocycles. The third kappa shape index (κ3) is 5.02. The highest BCUT2D eigenvalue weighted by Gasteiger charge is 2.08. The van der Waals surface area contributed by atoms with Crippen LogP contribution in [0, 0.1) is 0 Å². The number of amides is 1. The SMILES string of the molecule is O=C(Cc1csc(Nc2ccc(Cl)cn2)n1)NCCc1cccs1. The third-order valence-corrected chi connectivity index (χ3v) is 5.10. The molecule has 0 saturated heterocycles. The largest absolute Gasteiger partial charge is 0.355 e. The van der Waals surface area contributed by atoms with Crippen LogP contribution in [0.2, 0.25) is 5.02 Å². The summed E-state index contributed by atoms with van der Waals surface area (Å²) in [4.78, 5) is 21.8. The molecule has 0 bridgehead atoms. The van der Waals surface area contributed by atoms with Gasteiger partial charge in [0.2, 0.25) is 5.91 Å². The molecule has 5 nitrogen and oxygen atoms in total. The van der Waals surface area contributed by atoms with Gasteiger partial charge in [0.15, 0.2) is 5.13 Å². The lowest BCUT2D eigenvalue weighted by Gasteiger charge is -2.03. The van der Waals surface area contributed by atoms with E-state index in [-0.39, 0.29) is 12.3 Å². The Kier molecular flexibility index (Phi) is 5.79. The number of nitrogens with zero attached hydrogens (tertiary/aromatic N) is 2. The lowest BCUT2D eigenvalue weighted by atomic mass is 10.3. The summed E-state index contributed by atoms with van der Waals surface area (Å²) < 4.78 is 0. The van der Waals surface area contributed by atoms with Crippen molar-refractivity contribution in [2.24, 2.45) is 0 Å². The maximum absolute atomic E-state index is 12.0. The van der Waals surface area contributed by atoms with E-state index in [1.807, 2.05) is 16.8 Å². The molecule has 0 saturated carbocycles. The number of halogens is 1. The molecule has 8 heteroatoms. The highest BCUT2D eigenvalue weighted by atomic mass is 35.5. The number of nitrogens with one attached hydrogen (secondary N) is 2. The van der Waals surface area contributed by atoms with Crippen LogP contribution in [0.15, 0.2) is 41.2 Å². The van der Waals surface area contributed by atoms with Crippen molar-refractivity contribution in [2.75, 3.05) is 11.9 Å². The highest BCUT2D eigenvalue weighted by Crippen LogP contribution is 2.20. The molecule has 3 heterocycles. The predicted octanol–water partition coefficient (Wildman–Crippen LogP) is 3.90. The highest BCUT2D eigenvalue weighted by molar-refractivity contribution is 7.13. The minimum atomic E-state index is -0.0203. The quantitative estimate of drug-likeness (QED) is 0.654. The fourth-order valence-electron chi connectivity index (χ4n) is 2.01. The monoisotopic (exact) mass is 378 g/mol. The topological polar surface area (TPSA) is 66.9 Å². The zero-order valence-electron chi connectivity index (χ0n) is 12.7. The summed E-state index contributed by atoms with van der Waals surface area (Å²) >= 11 is 8.94. The van der Waals surface area contributed by atoms with Crippen molar-refractivity contribution >= 4 is 51.1 Å². The van der Waals surface area contributed by atoms with Crippen LogP contribution in [-0.4, -0.2) is 22.4 Å². The first-order valence-electron chi connectivity index (χ1n) is 7.31. The number of thiazole rings is 1. The zero-order chi connectivity index (χ0) is 16.8. The third-order valence-electron chi connectivity index (χ3n) is 3.13. The zero-order valence-corrected chi connectivity index (χ0v) is 15.0. The van der Waals surface area contributed by atoms with Crippen LogP contribution in [0.25, 0.3) is 0 Å². The maximum atomic E-state index is 12.0. The van der Waals surface area contributed by atoms with Crippen molar-refractivity contribution in [3.8, 4) is 0 Å². The van der Waals surface area contributed by atoms with E-state index in [1.165, 1.54) is 16.2 Å². The Morgan fingerprint density at radius 1 is 1.25 bits per heavy atom. The molecule has 3 rings (SSSR count). The van der Waals surface area contributed by atoms with E-state index in [9.17, 15) is 4.79 Å². The molecule has 24 heavy (non-hydrogen) atoms. The molecule has 0 unspecified atom stereocenters. The number of rotatable bonds is 7. The van der Waals surface area contributed by atoms with Gasteiger partial charge >= 0.3 is 0 Å². The van der Waals surface area contributed by atoms with Gasteiger partial charge in [-0.1, -0.05) is 17.7 Å². The van der Waals surface area contributed by atoms with Gasteiger partial charge in [0.1, 0.15) is 5.82 Å². The van der Waals surface area contributed by atoms with Gasteiger partial charge < -0.3 is 10.6 Å². The number of hydrogen-bond acceptors (Lipinski definition) is 6. The lowest BCUT2D eigenvalue weighted by molar-refractivity contribution is -0.120. The first kappa shape index (κ1) is 16.9. The number of aromatic nitrogens is 2. The van der Waals surface area contributed by atoms with Gasteiger partial charge in [0, 0.05) is 23.0 Å². The second-order valence-corrected chi connectivity index (χ2v) is 7.31. The van der Waals surface area contributed by atoms with Crippen LogP contribution in [0.1, 0.15) is 10.6 Å². The van der Waals surface area contributed by atoms with E-state index in [2.05, 4.69) is 26.7 Å². The van der Waals surface area contributed by atoms with Gasteiger partial charge in [-0.25, -0.2) is 9.97 Å². The van der Waals surface area contributed by atoms with E-state index in [0.717, 1.165) is 12.1 Å². The van der Waals surface area contributed by atoms with Crippen molar-refractivity contribution < 1.29 is 4.79 Å². The van der Waals surface area contributed by atoms with E-state index in [0.29, 0.717) is 22.5 Å². The molecule has 0 radical (unpaired) electrons. The summed E-state index contributed by atoms with van der Waals surface area (Å²) in [6.07, 6.45) is 2.70. The molecule has 0 fully saturated rings. The molecule has 0 aromatic carbocycles. The Morgan fingerprint density at radius 3 is 2.92 bits per heavy atom. The van der Waals surface area contributed by atoms with Gasteiger partial charge in [-0.3, -0.25) is 4.79 Å². The summed E-state index contributed by atoms with van der Waals surface area (Å²) in [6, 6.07) is 7.62. The first-order valence-corrected chi connectivity index (χ1v) is 9.45. The summed E-state index contributed by atoms with van der Waals surface area (Å²) in [7, 11) is 0. The van der Waals surface area contributed by atoms with E-state index >= 15 is 0 Å². The minimum Gasteiger partial charge on any atom is -0.355 e. The Bertz CT molecular complexity index is 787. The number of pyridine rings is 1. The average molecular weight is 379 g/mol. The second kappa shape index (κ2) is 8.23. The summed E-state index contributed by atoms with van der Waals surface area (Å²) in [5.74, 6) is 0.647. The number of carbonyl (C=O) groups is 1. The molecule has 0 atom stereocenters. The summed E-state index contributed by atoms with van der Waals surface area (Å²) in [6.45, 7) is 0.642. The Balaban J connectivity index is 1.46. The smallest absolute Gasteiger partial charge is 0.226 e. The summed E-state index contributed by atoms with van der Waals surface area (Å²) in [5.41, 5.74) is 0.741. The predicted molar refractivity (Wildman–Crippen MR) is 99.4 cm³/mol. The molecule has 2 N–H and O–H groups in total. The van der Waals surface area contributed by atoms with Crippen molar-refractivity contribution in [1.82, 2.24) is 15.3 Å². The molecule has 0 aliphatic carbocycles. The Hall–Kier alpha value is -1.96. The molecule has 1 amide bonds. The Morgan fingerprint density at radius 2 is 2.17 bits per heavy atom. The molecule has 0 aliphatic heterocycles. The minimum absolute atomic E-state index is 0.0203. The molecule has 124 valence electrons. The van der Waals surface area contributed by atoms with E-state index in [1.54, 1.807) is 29.7 Å². The van der Waals surface area contributed by atoms with Crippen LogP contribution in [-0.2, 0) is 17.6 Å². The van der Waals surface area contributed by atoms with Crippen LogP contribution in [0.5, 0.6) is 0 Å². The number of thiophene rings is 1. The van der Waals surface area contributed by atoms with E-state index in [4.69, 9.17) is 11.6 Å². The first-order chi connectivity index (χ1) is 11.7. The van der Waals surface area contributed by atoms with Crippen molar-refractivity contribution in [2.45, 2.75) is 12.8 Å². The van der Waals surface area contributed by atoms with Crippen LogP contribution >= 0.6 is 34.3 Å². The fraction of sp³-hybridized carbons (Fsp3) is 0.188. The van der Waals surface area contributed by atoms with Crippen LogP contribution in [0.4, 0.5) is 10.9 Å². The molecule has 0 aliphatic rings. The van der Waals surface area contributed by atoms with Gasteiger partial charge in [-0.2, -0.15) is 0 Å². The van der Waals surface area contributed by atoms with Crippen molar-refractivity contribution in [1.29, 1.82) is 0 Å². The van der Waals surface area contributed by atoms with Crippen LogP contribution in [0.3, 0.4) is 0 Å². The van der Waals surface area contributed by atoms with Gasteiger partial charge in [0.05, 0.1) is 17.1 Å². The lowest BCUT2D eigenvalue weighted by Crippen LogP contribution is -2.27. The number of carbonyl (C=O) groups excluding carboxylic acids is 1.